The number of carbonyl (C=O) groups excluding carboxylic acids is 1. The average Bonchev–Trinajstić information content (AvgIpc) is 2.82. The summed E-state index contributed by atoms with van der Waals surface area (Å²) in [6, 6.07) is 3.40. The number of hydrogen-bond acceptors (Lipinski definition) is 5. The summed E-state index contributed by atoms with van der Waals surface area (Å²) < 4.78 is 4.99. The van der Waals surface area contributed by atoms with Crippen LogP contribution in [0.3, 0.4) is 0 Å². The van der Waals surface area contributed by atoms with Gasteiger partial charge in [0.1, 0.15) is 11.4 Å². The van der Waals surface area contributed by atoms with E-state index in [1.807, 2.05) is 6.92 Å². The molecule has 0 radical (unpaired) electrons. The Balaban J connectivity index is 2.12. The second-order valence-corrected chi connectivity index (χ2v) is 3.99. The van der Waals surface area contributed by atoms with Crippen molar-refractivity contribution in [3.63, 3.8) is 0 Å². The van der Waals surface area contributed by atoms with E-state index in [1.165, 1.54) is 0 Å². The SMILES string of the molecule is CCOC(=O)c1cccnc1NCc1cn[nH]c1C. The van der Waals surface area contributed by atoms with Crippen LogP contribution < -0.4 is 5.32 Å². The summed E-state index contributed by atoms with van der Waals surface area (Å²) in [5.41, 5.74) is 2.45. The summed E-state index contributed by atoms with van der Waals surface area (Å²) in [6.45, 7) is 4.60. The first-order chi connectivity index (χ1) is 9.22. The zero-order valence-corrected chi connectivity index (χ0v) is 10.9. The number of aromatic nitrogens is 3. The first kappa shape index (κ1) is 13.1. The fraction of sp³-hybridized carbons (Fsp3) is 0.308. The Morgan fingerprint density at radius 2 is 2.37 bits per heavy atom. The van der Waals surface area contributed by atoms with Crippen LogP contribution in [-0.2, 0) is 11.3 Å². The topological polar surface area (TPSA) is 79.9 Å². The zero-order chi connectivity index (χ0) is 13.7. The van der Waals surface area contributed by atoms with Gasteiger partial charge in [-0.2, -0.15) is 5.10 Å². The number of ether oxygens (including phenoxy) is 1. The number of aromatic amines is 1. The summed E-state index contributed by atoms with van der Waals surface area (Å²) in [6.07, 6.45) is 3.38. The van der Waals surface area contributed by atoms with Crippen molar-refractivity contribution in [1.82, 2.24) is 15.2 Å². The molecule has 0 saturated heterocycles. The van der Waals surface area contributed by atoms with Crippen molar-refractivity contribution >= 4 is 11.8 Å². The van der Waals surface area contributed by atoms with Gasteiger partial charge in [-0.05, 0) is 26.0 Å². The van der Waals surface area contributed by atoms with Crippen molar-refractivity contribution in [2.24, 2.45) is 0 Å². The Hall–Kier alpha value is -2.37. The molecule has 6 heteroatoms. The van der Waals surface area contributed by atoms with Crippen LogP contribution in [0.5, 0.6) is 0 Å². The third kappa shape index (κ3) is 3.09. The Morgan fingerprint density at radius 3 is 3.05 bits per heavy atom. The highest BCUT2D eigenvalue weighted by molar-refractivity contribution is 5.94. The highest BCUT2D eigenvalue weighted by atomic mass is 16.5. The summed E-state index contributed by atoms with van der Waals surface area (Å²) in [7, 11) is 0. The van der Waals surface area contributed by atoms with Crippen molar-refractivity contribution < 1.29 is 9.53 Å². The maximum absolute atomic E-state index is 11.8. The van der Waals surface area contributed by atoms with E-state index < -0.39 is 0 Å². The molecule has 2 aromatic heterocycles. The van der Waals surface area contributed by atoms with Crippen LogP contribution in [0.4, 0.5) is 5.82 Å². The molecule has 0 atom stereocenters. The molecule has 2 aromatic rings. The number of hydrogen-bond donors (Lipinski definition) is 2. The van der Waals surface area contributed by atoms with Crippen LogP contribution in [0.15, 0.2) is 24.5 Å². The van der Waals surface area contributed by atoms with Gasteiger partial charge in [-0.25, -0.2) is 9.78 Å². The Morgan fingerprint density at radius 1 is 1.53 bits per heavy atom. The normalized spacial score (nSPS) is 10.2. The first-order valence-electron chi connectivity index (χ1n) is 6.07. The number of H-pyrrole nitrogens is 1. The predicted molar refractivity (Wildman–Crippen MR) is 70.8 cm³/mol. The molecular formula is C13H16N4O2. The van der Waals surface area contributed by atoms with Gasteiger partial charge in [0.2, 0.25) is 0 Å². The van der Waals surface area contributed by atoms with E-state index in [1.54, 1.807) is 31.5 Å². The minimum absolute atomic E-state index is 0.341. The summed E-state index contributed by atoms with van der Waals surface area (Å²) in [4.78, 5) is 15.9. The third-order valence-corrected chi connectivity index (χ3v) is 2.68. The van der Waals surface area contributed by atoms with Crippen LogP contribution in [-0.4, -0.2) is 27.8 Å². The molecule has 0 unspecified atom stereocenters. The molecule has 0 saturated carbocycles. The van der Waals surface area contributed by atoms with Gasteiger partial charge in [0.25, 0.3) is 0 Å². The Bertz CT molecular complexity index is 565. The lowest BCUT2D eigenvalue weighted by Crippen LogP contribution is -2.11. The average molecular weight is 260 g/mol. The second kappa shape index (κ2) is 5.99. The minimum Gasteiger partial charge on any atom is -0.462 e. The monoisotopic (exact) mass is 260 g/mol. The molecule has 0 amide bonds. The third-order valence-electron chi connectivity index (χ3n) is 2.68. The molecule has 0 fully saturated rings. The zero-order valence-electron chi connectivity index (χ0n) is 10.9. The summed E-state index contributed by atoms with van der Waals surface area (Å²) >= 11 is 0. The number of anilines is 1. The molecule has 0 aliphatic rings. The molecule has 6 nitrogen and oxygen atoms in total. The fourth-order valence-electron chi connectivity index (χ4n) is 1.65. The van der Waals surface area contributed by atoms with Crippen LogP contribution >= 0.6 is 0 Å². The lowest BCUT2D eigenvalue weighted by molar-refractivity contribution is 0.0527. The van der Waals surface area contributed by atoms with Gasteiger partial charge < -0.3 is 10.1 Å². The first-order valence-corrected chi connectivity index (χ1v) is 6.07. The molecule has 0 spiro atoms. The van der Waals surface area contributed by atoms with Crippen molar-refractivity contribution in [2.75, 3.05) is 11.9 Å². The number of rotatable bonds is 5. The van der Waals surface area contributed by atoms with Crippen molar-refractivity contribution in [3.8, 4) is 0 Å². The van der Waals surface area contributed by atoms with E-state index in [2.05, 4.69) is 20.5 Å². The number of esters is 1. The molecular weight excluding hydrogens is 244 g/mol. The van der Waals surface area contributed by atoms with E-state index in [-0.39, 0.29) is 5.97 Å². The Labute approximate surface area is 111 Å². The van der Waals surface area contributed by atoms with Gasteiger partial charge >= 0.3 is 5.97 Å². The lowest BCUT2D eigenvalue weighted by atomic mass is 10.2. The molecule has 2 rings (SSSR count). The van der Waals surface area contributed by atoms with Gasteiger partial charge in [0.05, 0.1) is 12.8 Å². The van der Waals surface area contributed by atoms with Crippen LogP contribution in [0.1, 0.15) is 28.5 Å². The highest BCUT2D eigenvalue weighted by Gasteiger charge is 2.13. The van der Waals surface area contributed by atoms with E-state index >= 15 is 0 Å². The van der Waals surface area contributed by atoms with Crippen LogP contribution in [0.25, 0.3) is 0 Å². The Kier molecular flexibility index (Phi) is 4.12. The van der Waals surface area contributed by atoms with E-state index in [4.69, 9.17) is 4.74 Å². The van der Waals surface area contributed by atoms with E-state index in [9.17, 15) is 4.79 Å². The van der Waals surface area contributed by atoms with Crippen molar-refractivity contribution in [3.05, 3.63) is 41.3 Å². The predicted octanol–water partition coefficient (Wildman–Crippen LogP) is 1.90. The maximum Gasteiger partial charge on any atom is 0.341 e. The minimum atomic E-state index is -0.373. The van der Waals surface area contributed by atoms with Gasteiger partial charge in [-0.1, -0.05) is 0 Å². The van der Waals surface area contributed by atoms with Crippen molar-refractivity contribution in [2.45, 2.75) is 20.4 Å². The molecule has 100 valence electrons. The largest absolute Gasteiger partial charge is 0.462 e. The van der Waals surface area contributed by atoms with E-state index in [0.29, 0.717) is 24.5 Å². The molecule has 2 heterocycles. The van der Waals surface area contributed by atoms with Gasteiger partial charge in [0.15, 0.2) is 0 Å². The van der Waals surface area contributed by atoms with Gasteiger partial charge in [0, 0.05) is 24.0 Å². The number of aryl methyl sites for hydroxylation is 1. The number of nitrogens with zero attached hydrogens (tertiary/aromatic N) is 2. The maximum atomic E-state index is 11.8. The van der Waals surface area contributed by atoms with E-state index in [0.717, 1.165) is 11.3 Å². The lowest BCUT2D eigenvalue weighted by Gasteiger charge is -2.09. The fourth-order valence-corrected chi connectivity index (χ4v) is 1.65. The molecule has 2 N–H and O–H groups in total. The molecule has 0 aromatic carbocycles. The molecule has 0 aliphatic carbocycles. The van der Waals surface area contributed by atoms with Crippen LogP contribution in [0.2, 0.25) is 0 Å². The second-order valence-electron chi connectivity index (χ2n) is 3.99. The number of pyridine rings is 1. The molecule has 0 bridgehead atoms. The smallest absolute Gasteiger partial charge is 0.341 e. The number of carbonyl (C=O) groups is 1. The van der Waals surface area contributed by atoms with Crippen LogP contribution in [0, 0.1) is 6.92 Å². The number of nitrogens with one attached hydrogen (secondary N) is 2. The quantitative estimate of drug-likeness (QED) is 0.803. The van der Waals surface area contributed by atoms with Gasteiger partial charge in [-0.15, -0.1) is 0 Å². The summed E-state index contributed by atoms with van der Waals surface area (Å²) in [5.74, 6) is 0.142. The molecule has 0 aliphatic heterocycles. The standard InChI is InChI=1S/C13H16N4O2/c1-3-19-13(18)11-5-4-6-14-12(11)15-7-10-8-16-17-9(10)2/h4-6,8H,3,7H2,1-2H3,(H,14,15)(H,16,17). The van der Waals surface area contributed by atoms with Gasteiger partial charge in [-0.3, -0.25) is 5.10 Å². The summed E-state index contributed by atoms with van der Waals surface area (Å²) in [5, 5.41) is 9.93. The molecule has 19 heavy (non-hydrogen) atoms. The highest BCUT2D eigenvalue weighted by Crippen LogP contribution is 2.14. The van der Waals surface area contributed by atoms with Crippen molar-refractivity contribution in [1.29, 1.82) is 0 Å².